The molecule has 1 aliphatic rings. The highest BCUT2D eigenvalue weighted by Crippen LogP contribution is 2.14. The molecule has 0 unspecified atom stereocenters. The highest BCUT2D eigenvalue weighted by atomic mass is 16.5. The number of hydrogen-bond acceptors (Lipinski definition) is 4. The Labute approximate surface area is 141 Å². The third-order valence-electron chi connectivity index (χ3n) is 4.06. The van der Waals surface area contributed by atoms with Crippen LogP contribution in [0.1, 0.15) is 12.0 Å². The quantitative estimate of drug-likeness (QED) is 0.886. The van der Waals surface area contributed by atoms with Gasteiger partial charge in [-0.2, -0.15) is 0 Å². The normalized spacial score (nSPS) is 17.5. The van der Waals surface area contributed by atoms with E-state index < -0.39 is 0 Å². The molecule has 0 aliphatic carbocycles. The number of anilines is 1. The second-order valence-electron chi connectivity index (χ2n) is 5.89. The summed E-state index contributed by atoms with van der Waals surface area (Å²) in [6.07, 6.45) is 2.54. The van der Waals surface area contributed by atoms with Crippen molar-refractivity contribution in [3.8, 4) is 5.88 Å². The van der Waals surface area contributed by atoms with E-state index in [1.807, 2.05) is 6.07 Å². The van der Waals surface area contributed by atoms with E-state index in [0.29, 0.717) is 11.6 Å². The van der Waals surface area contributed by atoms with Gasteiger partial charge in [0.15, 0.2) is 0 Å². The highest BCUT2D eigenvalue weighted by Gasteiger charge is 2.23. The zero-order valence-corrected chi connectivity index (χ0v) is 13.7. The molecule has 126 valence electrons. The number of amides is 2. The van der Waals surface area contributed by atoms with Crippen LogP contribution in [0.5, 0.6) is 5.88 Å². The first-order chi connectivity index (χ1) is 11.7. The Morgan fingerprint density at radius 3 is 2.83 bits per heavy atom. The van der Waals surface area contributed by atoms with Crippen molar-refractivity contribution < 1.29 is 9.53 Å². The molecule has 1 atom stereocenters. The maximum atomic E-state index is 12.1. The number of pyridine rings is 1. The summed E-state index contributed by atoms with van der Waals surface area (Å²) in [5.74, 6) is 0.522. The molecule has 2 aromatic rings. The zero-order chi connectivity index (χ0) is 16.8. The largest absolute Gasteiger partial charge is 0.481 e. The fourth-order valence-electron chi connectivity index (χ4n) is 2.86. The average Bonchev–Trinajstić information content (AvgIpc) is 3.03. The van der Waals surface area contributed by atoms with Crippen LogP contribution in [0.2, 0.25) is 0 Å². The van der Waals surface area contributed by atoms with E-state index in [1.165, 1.54) is 5.56 Å². The lowest BCUT2D eigenvalue weighted by Crippen LogP contribution is -2.39. The number of benzene rings is 1. The molecule has 0 radical (unpaired) electrons. The second-order valence-corrected chi connectivity index (χ2v) is 5.89. The number of hydrogen-bond donors (Lipinski definition) is 2. The first-order valence-corrected chi connectivity index (χ1v) is 8.07. The highest BCUT2D eigenvalue weighted by molar-refractivity contribution is 5.89. The fraction of sp³-hybridized carbons (Fsp3) is 0.333. The van der Waals surface area contributed by atoms with Gasteiger partial charge in [0.25, 0.3) is 0 Å². The molecule has 3 rings (SSSR count). The third-order valence-corrected chi connectivity index (χ3v) is 4.06. The van der Waals surface area contributed by atoms with Crippen LogP contribution in [0.3, 0.4) is 0 Å². The Balaban J connectivity index is 1.45. The zero-order valence-electron chi connectivity index (χ0n) is 13.7. The minimum absolute atomic E-state index is 0.167. The van der Waals surface area contributed by atoms with Gasteiger partial charge < -0.3 is 15.4 Å². The monoisotopic (exact) mass is 326 g/mol. The van der Waals surface area contributed by atoms with E-state index in [4.69, 9.17) is 4.74 Å². The third kappa shape index (κ3) is 4.45. The van der Waals surface area contributed by atoms with Crippen LogP contribution in [0.25, 0.3) is 0 Å². The van der Waals surface area contributed by atoms with E-state index in [1.54, 1.807) is 25.4 Å². The summed E-state index contributed by atoms with van der Waals surface area (Å²) in [5.41, 5.74) is 1.94. The number of carbonyl (C=O) groups is 1. The Morgan fingerprint density at radius 1 is 1.29 bits per heavy atom. The molecule has 24 heavy (non-hydrogen) atoms. The summed E-state index contributed by atoms with van der Waals surface area (Å²) in [6, 6.07) is 13.8. The number of likely N-dealkylation sites (tertiary alicyclic amines) is 1. The van der Waals surface area contributed by atoms with Gasteiger partial charge in [-0.25, -0.2) is 9.78 Å². The molecule has 2 N–H and O–H groups in total. The summed E-state index contributed by atoms with van der Waals surface area (Å²) in [7, 11) is 1.56. The smallest absolute Gasteiger partial charge is 0.319 e. The molecule has 1 aliphatic heterocycles. The second kappa shape index (κ2) is 7.79. The fourth-order valence-corrected chi connectivity index (χ4v) is 2.86. The number of rotatable bonds is 5. The van der Waals surface area contributed by atoms with Crippen LogP contribution in [-0.2, 0) is 6.54 Å². The number of aromatic nitrogens is 1. The van der Waals surface area contributed by atoms with Crippen molar-refractivity contribution in [2.75, 3.05) is 25.5 Å². The molecule has 1 saturated heterocycles. The van der Waals surface area contributed by atoms with E-state index in [0.717, 1.165) is 26.1 Å². The summed E-state index contributed by atoms with van der Waals surface area (Å²) in [4.78, 5) is 18.5. The number of nitrogens with one attached hydrogen (secondary N) is 2. The van der Waals surface area contributed by atoms with Crippen molar-refractivity contribution in [1.82, 2.24) is 15.2 Å². The first-order valence-electron chi connectivity index (χ1n) is 8.07. The Morgan fingerprint density at radius 2 is 2.12 bits per heavy atom. The standard InChI is InChI=1S/C18H22N4O2/c1-24-17-8-7-15(11-19-17)20-18(23)21-16-9-10-22(13-16)12-14-5-3-2-4-6-14/h2-8,11,16H,9-10,12-13H2,1H3,(H2,20,21,23)/t16-/m0/s1. The summed E-state index contributed by atoms with van der Waals surface area (Å²) < 4.78 is 5.00. The van der Waals surface area contributed by atoms with Gasteiger partial charge in [0.2, 0.25) is 5.88 Å². The average molecular weight is 326 g/mol. The van der Waals surface area contributed by atoms with Crippen LogP contribution in [0, 0.1) is 0 Å². The molecule has 6 nitrogen and oxygen atoms in total. The van der Waals surface area contributed by atoms with Crippen LogP contribution in [-0.4, -0.2) is 42.2 Å². The van der Waals surface area contributed by atoms with Gasteiger partial charge in [0, 0.05) is 31.7 Å². The minimum Gasteiger partial charge on any atom is -0.481 e. The lowest BCUT2D eigenvalue weighted by molar-refractivity contribution is 0.247. The lowest BCUT2D eigenvalue weighted by atomic mass is 10.2. The Bertz CT molecular complexity index is 660. The molecular weight excluding hydrogens is 304 g/mol. The van der Waals surface area contributed by atoms with Gasteiger partial charge in [-0.1, -0.05) is 30.3 Å². The van der Waals surface area contributed by atoms with Crippen LogP contribution in [0.15, 0.2) is 48.7 Å². The molecule has 6 heteroatoms. The van der Waals surface area contributed by atoms with Crippen molar-refractivity contribution in [2.45, 2.75) is 19.0 Å². The van der Waals surface area contributed by atoms with Crippen LogP contribution < -0.4 is 15.4 Å². The van der Waals surface area contributed by atoms with E-state index in [9.17, 15) is 4.79 Å². The first kappa shape index (κ1) is 16.3. The van der Waals surface area contributed by atoms with Crippen LogP contribution >= 0.6 is 0 Å². The predicted octanol–water partition coefficient (Wildman–Crippen LogP) is 2.49. The van der Waals surface area contributed by atoms with Gasteiger partial charge in [0.1, 0.15) is 0 Å². The number of carbonyl (C=O) groups excluding carboxylic acids is 1. The van der Waals surface area contributed by atoms with Gasteiger partial charge in [-0.05, 0) is 18.1 Å². The minimum atomic E-state index is -0.200. The van der Waals surface area contributed by atoms with Gasteiger partial charge in [-0.3, -0.25) is 4.90 Å². The lowest BCUT2D eigenvalue weighted by Gasteiger charge is -2.17. The number of urea groups is 1. The van der Waals surface area contributed by atoms with Crippen molar-refractivity contribution in [3.63, 3.8) is 0 Å². The van der Waals surface area contributed by atoms with E-state index in [2.05, 4.69) is 44.8 Å². The molecule has 0 saturated carbocycles. The maximum absolute atomic E-state index is 12.1. The number of ether oxygens (including phenoxy) is 1. The topological polar surface area (TPSA) is 66.5 Å². The van der Waals surface area contributed by atoms with Crippen LogP contribution in [0.4, 0.5) is 10.5 Å². The Kier molecular flexibility index (Phi) is 5.28. The van der Waals surface area contributed by atoms with Crippen molar-refractivity contribution in [3.05, 3.63) is 54.2 Å². The number of nitrogens with zero attached hydrogens (tertiary/aromatic N) is 2. The van der Waals surface area contributed by atoms with E-state index >= 15 is 0 Å². The summed E-state index contributed by atoms with van der Waals surface area (Å²) >= 11 is 0. The summed E-state index contributed by atoms with van der Waals surface area (Å²) in [6.45, 7) is 2.77. The van der Waals surface area contributed by atoms with Crippen molar-refractivity contribution in [1.29, 1.82) is 0 Å². The van der Waals surface area contributed by atoms with Gasteiger partial charge >= 0.3 is 6.03 Å². The SMILES string of the molecule is COc1ccc(NC(=O)N[C@H]2CCN(Cc3ccccc3)C2)cn1. The molecule has 1 aromatic heterocycles. The molecule has 1 fully saturated rings. The number of methoxy groups -OCH3 is 1. The Hall–Kier alpha value is -2.60. The van der Waals surface area contributed by atoms with Crippen molar-refractivity contribution >= 4 is 11.7 Å². The molecular formula is C18H22N4O2. The molecule has 0 spiro atoms. The molecule has 2 amide bonds. The van der Waals surface area contributed by atoms with Crippen molar-refractivity contribution in [2.24, 2.45) is 0 Å². The summed E-state index contributed by atoms with van der Waals surface area (Å²) in [5, 5.41) is 5.82. The maximum Gasteiger partial charge on any atom is 0.319 e. The van der Waals surface area contributed by atoms with Gasteiger partial charge in [-0.15, -0.1) is 0 Å². The molecule has 1 aromatic carbocycles. The molecule has 2 heterocycles. The van der Waals surface area contributed by atoms with Gasteiger partial charge in [0.05, 0.1) is 19.0 Å². The van der Waals surface area contributed by atoms with E-state index in [-0.39, 0.29) is 12.1 Å². The predicted molar refractivity (Wildman–Crippen MR) is 93.1 cm³/mol. The molecule has 0 bridgehead atoms.